The molecular weight excluding hydrogens is 323 g/mol. The highest BCUT2D eigenvalue weighted by atomic mass is 35.5. The minimum atomic E-state index is -0.917. The summed E-state index contributed by atoms with van der Waals surface area (Å²) in [4.78, 5) is 38.6. The zero-order valence-electron chi connectivity index (χ0n) is 12.4. The standard InChI is InChI=1S/C16H16ClFN2O3/c17-12-7-4-8-13(18)11(12)9-19-14(21)15(22)20(16(19)23)10-5-2-1-3-6-10/h4,7-8,10H,1-3,5-6,9H2. The van der Waals surface area contributed by atoms with Crippen LogP contribution in [0, 0.1) is 5.82 Å². The first-order valence-electron chi connectivity index (χ1n) is 7.62. The van der Waals surface area contributed by atoms with Gasteiger partial charge in [-0.05, 0) is 25.0 Å². The van der Waals surface area contributed by atoms with Crippen molar-refractivity contribution in [1.82, 2.24) is 9.80 Å². The molecule has 1 aromatic rings. The normalized spacial score (nSPS) is 19.8. The van der Waals surface area contributed by atoms with Gasteiger partial charge in [0.2, 0.25) is 0 Å². The van der Waals surface area contributed by atoms with E-state index in [1.807, 2.05) is 0 Å². The molecule has 0 bridgehead atoms. The minimum Gasteiger partial charge on any atom is -0.263 e. The van der Waals surface area contributed by atoms with Gasteiger partial charge in [-0.25, -0.2) is 9.18 Å². The van der Waals surface area contributed by atoms with Gasteiger partial charge >= 0.3 is 17.8 Å². The Bertz CT molecular complexity index is 653. The summed E-state index contributed by atoms with van der Waals surface area (Å²) in [6, 6.07) is 3.20. The minimum absolute atomic E-state index is 0.0363. The van der Waals surface area contributed by atoms with Crippen molar-refractivity contribution in [2.45, 2.75) is 44.7 Å². The molecule has 1 aliphatic carbocycles. The fourth-order valence-corrected chi connectivity index (χ4v) is 3.39. The lowest BCUT2D eigenvalue weighted by Gasteiger charge is -2.28. The van der Waals surface area contributed by atoms with E-state index in [1.54, 1.807) is 0 Å². The molecule has 0 aromatic heterocycles. The first kappa shape index (κ1) is 15.9. The summed E-state index contributed by atoms with van der Waals surface area (Å²) >= 11 is 5.94. The molecule has 1 heterocycles. The second-order valence-corrected chi connectivity index (χ2v) is 6.25. The van der Waals surface area contributed by atoms with Crippen molar-refractivity contribution in [3.05, 3.63) is 34.6 Å². The largest absolute Gasteiger partial charge is 0.334 e. The van der Waals surface area contributed by atoms with Crippen LogP contribution in [0.2, 0.25) is 5.02 Å². The Balaban J connectivity index is 1.84. The quantitative estimate of drug-likeness (QED) is 0.628. The number of carbonyl (C=O) groups excluding carboxylic acids is 3. The van der Waals surface area contributed by atoms with Crippen LogP contribution in [-0.4, -0.2) is 33.7 Å². The van der Waals surface area contributed by atoms with Crippen LogP contribution in [-0.2, 0) is 16.1 Å². The summed E-state index contributed by atoms with van der Waals surface area (Å²) < 4.78 is 13.9. The highest BCUT2D eigenvalue weighted by molar-refractivity contribution is 6.44. The molecule has 0 N–H and O–H groups in total. The average molecular weight is 339 g/mol. The Hall–Kier alpha value is -1.95. The van der Waals surface area contributed by atoms with Crippen molar-refractivity contribution in [3.8, 4) is 0 Å². The molecule has 3 rings (SSSR count). The fourth-order valence-electron chi connectivity index (χ4n) is 3.16. The number of rotatable bonds is 3. The molecule has 0 atom stereocenters. The van der Waals surface area contributed by atoms with Gasteiger partial charge in [0.15, 0.2) is 0 Å². The Labute approximate surface area is 138 Å². The molecular formula is C16H16ClFN2O3. The third kappa shape index (κ3) is 2.83. The number of imide groups is 2. The Morgan fingerprint density at radius 1 is 1.09 bits per heavy atom. The van der Waals surface area contributed by atoms with E-state index in [0.29, 0.717) is 12.8 Å². The molecule has 1 aromatic carbocycles. The third-order valence-corrected chi connectivity index (χ3v) is 4.76. The number of hydrogen-bond donors (Lipinski definition) is 0. The van der Waals surface area contributed by atoms with Crippen molar-refractivity contribution in [2.75, 3.05) is 0 Å². The van der Waals surface area contributed by atoms with Crippen molar-refractivity contribution < 1.29 is 18.8 Å². The van der Waals surface area contributed by atoms with Gasteiger partial charge in [-0.2, -0.15) is 0 Å². The first-order valence-corrected chi connectivity index (χ1v) is 8.00. The molecule has 7 heteroatoms. The van der Waals surface area contributed by atoms with Gasteiger partial charge in [0.25, 0.3) is 0 Å². The lowest BCUT2D eigenvalue weighted by molar-refractivity contribution is -0.144. The number of carbonyl (C=O) groups is 3. The van der Waals surface area contributed by atoms with E-state index >= 15 is 0 Å². The van der Waals surface area contributed by atoms with Gasteiger partial charge in [0.1, 0.15) is 5.82 Å². The van der Waals surface area contributed by atoms with Crippen LogP contribution >= 0.6 is 11.6 Å². The van der Waals surface area contributed by atoms with E-state index < -0.39 is 23.7 Å². The van der Waals surface area contributed by atoms with Crippen LogP contribution in [0.4, 0.5) is 9.18 Å². The predicted octanol–water partition coefficient (Wildman–Crippen LogP) is 3.10. The van der Waals surface area contributed by atoms with Crippen LogP contribution in [0.3, 0.4) is 0 Å². The van der Waals surface area contributed by atoms with Crippen LogP contribution in [0.25, 0.3) is 0 Å². The van der Waals surface area contributed by atoms with Gasteiger partial charge in [0.05, 0.1) is 6.54 Å². The molecule has 122 valence electrons. The first-order chi connectivity index (χ1) is 11.0. The highest BCUT2D eigenvalue weighted by Crippen LogP contribution is 2.29. The number of hydrogen-bond acceptors (Lipinski definition) is 3. The van der Waals surface area contributed by atoms with Crippen LogP contribution in [0.1, 0.15) is 37.7 Å². The molecule has 0 radical (unpaired) electrons. The highest BCUT2D eigenvalue weighted by Gasteiger charge is 2.47. The monoisotopic (exact) mass is 338 g/mol. The van der Waals surface area contributed by atoms with E-state index in [4.69, 9.17) is 11.6 Å². The molecule has 0 spiro atoms. The molecule has 23 heavy (non-hydrogen) atoms. The van der Waals surface area contributed by atoms with E-state index in [1.165, 1.54) is 18.2 Å². The maximum atomic E-state index is 13.9. The lowest BCUT2D eigenvalue weighted by Crippen LogP contribution is -2.42. The number of benzene rings is 1. The van der Waals surface area contributed by atoms with Crippen molar-refractivity contribution in [3.63, 3.8) is 0 Å². The smallest absolute Gasteiger partial charge is 0.263 e. The third-order valence-electron chi connectivity index (χ3n) is 4.40. The topological polar surface area (TPSA) is 57.7 Å². The van der Waals surface area contributed by atoms with Crippen LogP contribution in [0.15, 0.2) is 18.2 Å². The van der Waals surface area contributed by atoms with Crippen LogP contribution < -0.4 is 0 Å². The van der Waals surface area contributed by atoms with E-state index in [-0.39, 0.29) is 23.2 Å². The maximum absolute atomic E-state index is 13.9. The van der Waals surface area contributed by atoms with Crippen LogP contribution in [0.5, 0.6) is 0 Å². The zero-order valence-corrected chi connectivity index (χ0v) is 13.2. The van der Waals surface area contributed by atoms with Gasteiger partial charge in [-0.3, -0.25) is 19.4 Å². The van der Waals surface area contributed by atoms with Crippen molar-refractivity contribution in [1.29, 1.82) is 0 Å². The summed E-state index contributed by atoms with van der Waals surface area (Å²) in [5.41, 5.74) is 0.0363. The molecule has 1 saturated carbocycles. The van der Waals surface area contributed by atoms with E-state index in [0.717, 1.165) is 29.1 Å². The Kier molecular flexibility index (Phi) is 4.35. The van der Waals surface area contributed by atoms with Crippen molar-refractivity contribution in [2.24, 2.45) is 0 Å². The van der Waals surface area contributed by atoms with Gasteiger partial charge in [-0.1, -0.05) is 36.9 Å². The summed E-state index contributed by atoms with van der Waals surface area (Å²) in [6.45, 7) is -0.335. The number of urea groups is 1. The average Bonchev–Trinajstić information content (AvgIpc) is 2.75. The molecule has 1 saturated heterocycles. The Morgan fingerprint density at radius 2 is 1.78 bits per heavy atom. The molecule has 4 amide bonds. The summed E-state index contributed by atoms with van der Waals surface area (Å²) in [5.74, 6) is -2.35. The number of halogens is 2. The summed E-state index contributed by atoms with van der Waals surface area (Å²) in [6.07, 6.45) is 4.33. The van der Waals surface area contributed by atoms with Gasteiger partial charge < -0.3 is 0 Å². The molecule has 2 fully saturated rings. The maximum Gasteiger partial charge on any atom is 0.334 e. The lowest BCUT2D eigenvalue weighted by atomic mass is 9.94. The number of amides is 4. The number of nitrogens with zero attached hydrogens (tertiary/aromatic N) is 2. The van der Waals surface area contributed by atoms with E-state index in [9.17, 15) is 18.8 Å². The molecule has 1 aliphatic heterocycles. The van der Waals surface area contributed by atoms with E-state index in [2.05, 4.69) is 0 Å². The Morgan fingerprint density at radius 3 is 2.43 bits per heavy atom. The zero-order chi connectivity index (χ0) is 16.6. The molecule has 0 unspecified atom stereocenters. The second-order valence-electron chi connectivity index (χ2n) is 5.84. The summed E-state index contributed by atoms with van der Waals surface area (Å²) in [5, 5.41) is 0.120. The van der Waals surface area contributed by atoms with Crippen molar-refractivity contribution >= 4 is 29.4 Å². The fraction of sp³-hybridized carbons (Fsp3) is 0.438. The predicted molar refractivity (Wildman–Crippen MR) is 81.1 cm³/mol. The summed E-state index contributed by atoms with van der Waals surface area (Å²) in [7, 11) is 0. The molecule has 2 aliphatic rings. The molecule has 5 nitrogen and oxygen atoms in total. The second kappa shape index (κ2) is 6.28. The van der Waals surface area contributed by atoms with Gasteiger partial charge in [0, 0.05) is 16.6 Å². The van der Waals surface area contributed by atoms with Gasteiger partial charge in [-0.15, -0.1) is 0 Å². The SMILES string of the molecule is O=C1C(=O)N(C2CCCCC2)C(=O)N1Cc1c(F)cccc1Cl.